The van der Waals surface area contributed by atoms with Crippen LogP contribution in [-0.2, 0) is 13.3 Å². The summed E-state index contributed by atoms with van der Waals surface area (Å²) in [4.78, 5) is 14.7. The van der Waals surface area contributed by atoms with Crippen molar-refractivity contribution >= 4 is 20.7 Å². The van der Waals surface area contributed by atoms with Crippen molar-refractivity contribution in [1.29, 1.82) is 0 Å². The van der Waals surface area contributed by atoms with Crippen LogP contribution in [0.25, 0.3) is 6.08 Å². The number of nitrogens with zero attached hydrogens (tertiary/aromatic N) is 1. The van der Waals surface area contributed by atoms with Crippen molar-refractivity contribution in [2.45, 2.75) is 12.5 Å². The maximum absolute atomic E-state index is 12.6. The summed E-state index contributed by atoms with van der Waals surface area (Å²) in [5, 5.41) is 0. The molecule has 0 amide bonds. The Balaban J connectivity index is 2.67. The Labute approximate surface area is 151 Å². The summed E-state index contributed by atoms with van der Waals surface area (Å²) in [5.41, 5.74) is 7.24. The van der Waals surface area contributed by atoms with Crippen LogP contribution in [0.15, 0.2) is 30.8 Å². The van der Waals surface area contributed by atoms with Gasteiger partial charge in [-0.3, -0.25) is 9.69 Å². The predicted octanol–water partition coefficient (Wildman–Crippen LogP) is 2.04. The minimum absolute atomic E-state index is 0.0673. The second kappa shape index (κ2) is 11.3. The Morgan fingerprint density at radius 2 is 1.84 bits per heavy atom. The molecule has 7 heteroatoms. The molecule has 2 N–H and O–H groups in total. The van der Waals surface area contributed by atoms with Crippen LogP contribution < -0.4 is 5.73 Å². The van der Waals surface area contributed by atoms with Crippen LogP contribution in [0.3, 0.4) is 0 Å². The van der Waals surface area contributed by atoms with E-state index in [2.05, 4.69) is 11.5 Å². The van der Waals surface area contributed by atoms with E-state index >= 15 is 0 Å². The molecule has 1 aromatic carbocycles. The van der Waals surface area contributed by atoms with Crippen LogP contribution in [0, 0.1) is 0 Å². The SMILES string of the molecule is C=Cc1ccccc1C(=O)CN(CCN)CCC[Si](OC)(OC)OC. The first-order valence-electron chi connectivity index (χ1n) is 8.38. The molecule has 0 aliphatic rings. The molecule has 1 aromatic rings. The van der Waals surface area contributed by atoms with Crippen LogP contribution in [0.4, 0.5) is 0 Å². The van der Waals surface area contributed by atoms with E-state index in [4.69, 9.17) is 19.0 Å². The molecule has 0 saturated carbocycles. The monoisotopic (exact) mass is 366 g/mol. The molecule has 0 aliphatic heterocycles. The molecule has 0 bridgehead atoms. The molecule has 0 heterocycles. The van der Waals surface area contributed by atoms with Crippen molar-refractivity contribution in [2.75, 3.05) is 47.5 Å². The first kappa shape index (κ1) is 21.7. The Bertz CT molecular complexity index is 541. The van der Waals surface area contributed by atoms with Crippen LogP contribution in [-0.4, -0.2) is 67.0 Å². The smallest absolute Gasteiger partial charge is 0.377 e. The standard InChI is InChI=1S/C18H30N2O4Si/c1-5-16-9-6-7-10-17(16)18(21)15-20(13-11-19)12-8-14-25(22-2,23-3)24-4/h5-7,9-10H,1,8,11-15,19H2,2-4H3. The van der Waals surface area contributed by atoms with Gasteiger partial charge in [0.15, 0.2) is 5.78 Å². The number of carbonyl (C=O) groups is 1. The maximum Gasteiger partial charge on any atom is 0.500 e. The zero-order chi connectivity index (χ0) is 18.7. The second-order valence-electron chi connectivity index (χ2n) is 5.68. The van der Waals surface area contributed by atoms with Crippen LogP contribution >= 0.6 is 0 Å². The molecule has 0 saturated heterocycles. The van der Waals surface area contributed by atoms with E-state index in [1.54, 1.807) is 27.4 Å². The average molecular weight is 367 g/mol. The molecule has 0 aromatic heterocycles. The van der Waals surface area contributed by atoms with Crippen molar-refractivity contribution in [3.05, 3.63) is 42.0 Å². The number of ketones is 1. The first-order valence-corrected chi connectivity index (χ1v) is 10.3. The lowest BCUT2D eigenvalue weighted by atomic mass is 10.0. The number of Topliss-reactive ketones (excluding diaryl/α,β-unsaturated/α-hetero) is 1. The fourth-order valence-corrected chi connectivity index (χ4v) is 4.45. The molecule has 0 atom stereocenters. The predicted molar refractivity (Wildman–Crippen MR) is 103 cm³/mol. The summed E-state index contributed by atoms with van der Waals surface area (Å²) in [6.45, 7) is 5.97. The summed E-state index contributed by atoms with van der Waals surface area (Å²) in [7, 11) is 2.23. The summed E-state index contributed by atoms with van der Waals surface area (Å²) in [6, 6.07) is 8.18. The lowest BCUT2D eigenvalue weighted by molar-refractivity contribution is 0.0929. The zero-order valence-corrected chi connectivity index (χ0v) is 16.5. The molecular weight excluding hydrogens is 336 g/mol. The van der Waals surface area contributed by atoms with Gasteiger partial charge in [0.05, 0.1) is 6.54 Å². The fourth-order valence-electron chi connectivity index (χ4n) is 2.75. The molecular formula is C18H30N2O4Si. The molecule has 0 unspecified atom stereocenters. The third-order valence-electron chi connectivity index (χ3n) is 4.18. The van der Waals surface area contributed by atoms with Gasteiger partial charge < -0.3 is 19.0 Å². The van der Waals surface area contributed by atoms with Gasteiger partial charge in [-0.25, -0.2) is 0 Å². The van der Waals surface area contributed by atoms with Crippen LogP contribution in [0.1, 0.15) is 22.3 Å². The van der Waals surface area contributed by atoms with Crippen molar-refractivity contribution in [2.24, 2.45) is 5.73 Å². The van der Waals surface area contributed by atoms with Gasteiger partial charge in [-0.05, 0) is 18.5 Å². The number of hydrogen-bond acceptors (Lipinski definition) is 6. The van der Waals surface area contributed by atoms with Gasteiger partial charge in [-0.15, -0.1) is 0 Å². The maximum atomic E-state index is 12.6. The number of benzene rings is 1. The summed E-state index contributed by atoms with van der Waals surface area (Å²) in [5.74, 6) is 0.0673. The summed E-state index contributed by atoms with van der Waals surface area (Å²) in [6.07, 6.45) is 2.51. The second-order valence-corrected chi connectivity index (χ2v) is 8.77. The third-order valence-corrected chi connectivity index (χ3v) is 7.02. The van der Waals surface area contributed by atoms with Gasteiger partial charge in [-0.1, -0.05) is 36.9 Å². The lowest BCUT2D eigenvalue weighted by Crippen LogP contribution is -2.43. The van der Waals surface area contributed by atoms with Gasteiger partial charge in [0, 0.05) is 46.0 Å². The van der Waals surface area contributed by atoms with E-state index < -0.39 is 8.80 Å². The minimum atomic E-state index is -2.58. The molecule has 1 rings (SSSR count). The van der Waals surface area contributed by atoms with Crippen LogP contribution in [0.5, 0.6) is 0 Å². The highest BCUT2D eigenvalue weighted by atomic mass is 28.4. The molecule has 0 fully saturated rings. The number of carbonyl (C=O) groups excluding carboxylic acids is 1. The highest BCUT2D eigenvalue weighted by Gasteiger charge is 2.37. The van der Waals surface area contributed by atoms with E-state index in [1.165, 1.54) is 0 Å². The highest BCUT2D eigenvalue weighted by molar-refractivity contribution is 6.60. The largest absolute Gasteiger partial charge is 0.500 e. The number of hydrogen-bond donors (Lipinski definition) is 1. The first-order chi connectivity index (χ1) is 12.1. The molecule has 0 spiro atoms. The van der Waals surface area contributed by atoms with Crippen molar-refractivity contribution in [1.82, 2.24) is 4.90 Å². The molecule has 140 valence electrons. The molecule has 25 heavy (non-hydrogen) atoms. The zero-order valence-electron chi connectivity index (χ0n) is 15.5. The van der Waals surface area contributed by atoms with E-state index in [-0.39, 0.29) is 5.78 Å². The van der Waals surface area contributed by atoms with Crippen molar-refractivity contribution in [3.63, 3.8) is 0 Å². The summed E-state index contributed by atoms with van der Waals surface area (Å²) < 4.78 is 16.3. The minimum Gasteiger partial charge on any atom is -0.377 e. The molecule has 0 radical (unpaired) electrons. The Morgan fingerprint density at radius 3 is 2.40 bits per heavy atom. The van der Waals surface area contributed by atoms with E-state index in [1.807, 2.05) is 24.3 Å². The van der Waals surface area contributed by atoms with Crippen molar-refractivity contribution < 1.29 is 18.1 Å². The van der Waals surface area contributed by atoms with Gasteiger partial charge in [0.25, 0.3) is 0 Å². The van der Waals surface area contributed by atoms with E-state index in [0.717, 1.165) is 18.5 Å². The Morgan fingerprint density at radius 1 is 1.20 bits per heavy atom. The quantitative estimate of drug-likeness (QED) is 0.425. The normalized spacial score (nSPS) is 11.7. The Hall–Kier alpha value is -1.35. The van der Waals surface area contributed by atoms with Gasteiger partial charge in [0.2, 0.25) is 0 Å². The van der Waals surface area contributed by atoms with Crippen LogP contribution in [0.2, 0.25) is 6.04 Å². The average Bonchev–Trinajstić information content (AvgIpc) is 2.65. The van der Waals surface area contributed by atoms with E-state index in [9.17, 15) is 4.79 Å². The highest BCUT2D eigenvalue weighted by Crippen LogP contribution is 2.16. The molecule has 6 nitrogen and oxygen atoms in total. The third kappa shape index (κ3) is 6.46. The summed E-state index contributed by atoms with van der Waals surface area (Å²) >= 11 is 0. The van der Waals surface area contributed by atoms with Gasteiger partial charge in [-0.2, -0.15) is 0 Å². The Kier molecular flexibility index (Phi) is 9.80. The molecule has 0 aliphatic carbocycles. The van der Waals surface area contributed by atoms with E-state index in [0.29, 0.717) is 31.2 Å². The topological polar surface area (TPSA) is 74.0 Å². The van der Waals surface area contributed by atoms with Gasteiger partial charge >= 0.3 is 8.80 Å². The number of rotatable bonds is 13. The van der Waals surface area contributed by atoms with Gasteiger partial charge in [0.1, 0.15) is 0 Å². The lowest BCUT2D eigenvalue weighted by Gasteiger charge is -2.26. The van der Waals surface area contributed by atoms with Crippen molar-refractivity contribution in [3.8, 4) is 0 Å². The fraction of sp³-hybridized carbons (Fsp3) is 0.500. The number of nitrogens with two attached hydrogens (primary N) is 1.